The quantitative estimate of drug-likeness (QED) is 0.372. The number of nitrogens with zero attached hydrogens (tertiary/aromatic N) is 2. The molecule has 0 radical (unpaired) electrons. The Morgan fingerprint density at radius 2 is 1.89 bits per heavy atom. The van der Waals surface area contributed by atoms with Crippen LogP contribution in [0.1, 0.15) is 24.0 Å². The van der Waals surface area contributed by atoms with Crippen molar-refractivity contribution >= 4 is 34.7 Å². The number of aliphatic hydroxyl groups is 2. The molecule has 2 unspecified atom stereocenters. The van der Waals surface area contributed by atoms with Gasteiger partial charge < -0.3 is 36.4 Å². The Morgan fingerprint density at radius 3 is 2.47 bits per heavy atom. The third kappa shape index (κ3) is 3.31. The lowest BCUT2D eigenvalue weighted by Crippen LogP contribution is -2.59. The van der Waals surface area contributed by atoms with Crippen LogP contribution in [0.25, 0.3) is 16.9 Å². The molecule has 0 bridgehead atoms. The maximum atomic E-state index is 14.1. The summed E-state index contributed by atoms with van der Waals surface area (Å²) in [5.41, 5.74) is 10.6. The Morgan fingerprint density at radius 1 is 1.18 bits per heavy atom. The minimum absolute atomic E-state index is 0.0482. The summed E-state index contributed by atoms with van der Waals surface area (Å²) in [6.07, 6.45) is 1.75. The molecule has 2 aromatic rings. The van der Waals surface area contributed by atoms with Crippen LogP contribution in [0.15, 0.2) is 41.3 Å². The molecule has 0 aliphatic heterocycles. The Labute approximate surface area is 218 Å². The predicted molar refractivity (Wildman–Crippen MR) is 138 cm³/mol. The molecule has 11 heteroatoms. The van der Waals surface area contributed by atoms with E-state index in [1.807, 2.05) is 19.0 Å². The number of phenols is 1. The summed E-state index contributed by atoms with van der Waals surface area (Å²) in [5, 5.41) is 34.0. The van der Waals surface area contributed by atoms with Crippen LogP contribution in [0.3, 0.4) is 0 Å². The van der Waals surface area contributed by atoms with E-state index in [2.05, 4.69) is 4.98 Å². The highest BCUT2D eigenvalue weighted by Gasteiger charge is 2.61. The molecule has 1 aromatic heterocycles. The number of phenolic OH excluding ortho intramolecular Hbond substituents is 1. The standard InChI is InChI=1S/C27H28N4O7/c1-31(2)16-9-14(11-4-5-18(28)30-10-11)22(33)20-15(16)7-12-6-13-8-17(32)21(26(29)37)25(36)27(13,38-3)24(35)19(12)23(20)34/h4-5,9-10,12-13,33-34,36H,6-8H2,1-3H3,(H2,28,30)(H2,29,37)/t12?,13?,27-/m0/s1. The van der Waals surface area contributed by atoms with E-state index < -0.39 is 52.0 Å². The summed E-state index contributed by atoms with van der Waals surface area (Å²) in [7, 11) is 4.84. The second-order valence-electron chi connectivity index (χ2n) is 10.1. The lowest BCUT2D eigenvalue weighted by Gasteiger charge is -2.48. The number of ether oxygens (including phenoxy) is 1. The van der Waals surface area contributed by atoms with Gasteiger partial charge in [-0.25, -0.2) is 4.98 Å². The van der Waals surface area contributed by atoms with Crippen LogP contribution in [-0.2, 0) is 25.5 Å². The molecule has 11 nitrogen and oxygen atoms in total. The number of aromatic nitrogens is 1. The number of benzene rings is 1. The topological polar surface area (TPSA) is 189 Å². The van der Waals surface area contributed by atoms with Gasteiger partial charge >= 0.3 is 0 Å². The van der Waals surface area contributed by atoms with E-state index in [4.69, 9.17) is 16.2 Å². The maximum Gasteiger partial charge on any atom is 0.255 e. The van der Waals surface area contributed by atoms with Crippen molar-refractivity contribution in [2.24, 2.45) is 17.6 Å². The molecule has 1 heterocycles. The number of nitrogen functional groups attached to an aromatic ring is 1. The third-order valence-electron chi connectivity index (χ3n) is 7.91. The molecule has 7 N–H and O–H groups in total. The van der Waals surface area contributed by atoms with Crippen LogP contribution < -0.4 is 16.4 Å². The Kier molecular flexibility index (Phi) is 5.71. The number of aromatic hydroxyl groups is 1. The van der Waals surface area contributed by atoms with Crippen LogP contribution in [0.5, 0.6) is 5.75 Å². The van der Waals surface area contributed by atoms with Gasteiger partial charge in [-0.2, -0.15) is 0 Å². The normalized spacial score (nSPS) is 24.6. The largest absolute Gasteiger partial charge is 0.508 e. The van der Waals surface area contributed by atoms with Crippen LogP contribution in [-0.4, -0.2) is 64.6 Å². The van der Waals surface area contributed by atoms with Crippen molar-refractivity contribution in [3.8, 4) is 16.9 Å². The molecule has 0 spiro atoms. The van der Waals surface area contributed by atoms with Crippen molar-refractivity contribution in [2.45, 2.75) is 24.9 Å². The fourth-order valence-corrected chi connectivity index (χ4v) is 6.19. The first kappa shape index (κ1) is 25.3. The van der Waals surface area contributed by atoms with Crippen molar-refractivity contribution in [2.75, 3.05) is 31.8 Å². The first-order valence-electron chi connectivity index (χ1n) is 12.0. The smallest absolute Gasteiger partial charge is 0.255 e. The first-order chi connectivity index (χ1) is 17.9. The van der Waals surface area contributed by atoms with Crippen molar-refractivity contribution in [1.82, 2.24) is 4.98 Å². The number of Topliss-reactive ketones (excluding diaryl/α,β-unsaturated/α-hetero) is 2. The fraction of sp³-hybridized carbons (Fsp3) is 0.333. The average molecular weight is 521 g/mol. The van der Waals surface area contributed by atoms with Crippen LogP contribution in [0.4, 0.5) is 11.5 Å². The Balaban J connectivity index is 1.77. The minimum atomic E-state index is -2.06. The number of carbonyl (C=O) groups is 3. The number of rotatable bonds is 4. The molecule has 1 aromatic carbocycles. The van der Waals surface area contributed by atoms with Crippen molar-refractivity contribution in [3.63, 3.8) is 0 Å². The number of hydrogen-bond donors (Lipinski definition) is 5. The maximum absolute atomic E-state index is 14.1. The van der Waals surface area contributed by atoms with Crippen LogP contribution >= 0.6 is 0 Å². The number of primary amides is 1. The molecule has 198 valence electrons. The van der Waals surface area contributed by atoms with Gasteiger partial charge in [-0.1, -0.05) is 0 Å². The number of methoxy groups -OCH3 is 1. The highest BCUT2D eigenvalue weighted by molar-refractivity contribution is 6.23. The molecule has 1 fully saturated rings. The monoisotopic (exact) mass is 520 g/mol. The zero-order valence-corrected chi connectivity index (χ0v) is 21.1. The fourth-order valence-electron chi connectivity index (χ4n) is 6.19. The molecule has 3 aliphatic carbocycles. The summed E-state index contributed by atoms with van der Waals surface area (Å²) >= 11 is 0. The number of carbonyl (C=O) groups excluding carboxylic acids is 3. The third-order valence-corrected chi connectivity index (χ3v) is 7.91. The number of hydrogen-bond acceptors (Lipinski definition) is 10. The van der Waals surface area contributed by atoms with Crippen LogP contribution in [0, 0.1) is 11.8 Å². The zero-order chi connectivity index (χ0) is 27.7. The van der Waals surface area contributed by atoms with Crippen LogP contribution in [0.2, 0.25) is 0 Å². The van der Waals surface area contributed by atoms with E-state index in [1.165, 1.54) is 13.3 Å². The van der Waals surface area contributed by atoms with Gasteiger partial charge in [0, 0.05) is 62.1 Å². The molecule has 5 rings (SSSR count). The molecular formula is C27H28N4O7. The lowest BCUT2D eigenvalue weighted by molar-refractivity contribution is -0.153. The van der Waals surface area contributed by atoms with Crippen molar-refractivity contribution < 1.29 is 34.4 Å². The number of ketones is 2. The number of fused-ring (bicyclic) bond motifs is 3. The molecule has 38 heavy (non-hydrogen) atoms. The molecular weight excluding hydrogens is 492 g/mol. The van der Waals surface area contributed by atoms with Gasteiger partial charge in [-0.15, -0.1) is 0 Å². The molecule has 3 atom stereocenters. The zero-order valence-electron chi connectivity index (χ0n) is 21.1. The van der Waals surface area contributed by atoms with Gasteiger partial charge in [0.15, 0.2) is 11.4 Å². The number of anilines is 2. The van der Waals surface area contributed by atoms with E-state index >= 15 is 0 Å². The molecule has 0 saturated heterocycles. The molecule has 3 aliphatic rings. The minimum Gasteiger partial charge on any atom is -0.508 e. The first-order valence-corrected chi connectivity index (χ1v) is 12.0. The van der Waals surface area contributed by atoms with E-state index in [9.17, 15) is 29.7 Å². The Bertz CT molecular complexity index is 1480. The summed E-state index contributed by atoms with van der Waals surface area (Å²) in [4.78, 5) is 44.6. The average Bonchev–Trinajstić information content (AvgIpc) is 2.84. The molecule has 1 saturated carbocycles. The highest BCUT2D eigenvalue weighted by Crippen LogP contribution is 2.55. The number of amides is 1. The second kappa shape index (κ2) is 8.59. The van der Waals surface area contributed by atoms with Crippen molar-refractivity contribution in [3.05, 3.63) is 52.4 Å². The number of aliphatic hydroxyl groups excluding tert-OH is 2. The summed E-state index contributed by atoms with van der Waals surface area (Å²) in [6.45, 7) is 0. The van der Waals surface area contributed by atoms with Gasteiger partial charge in [-0.3, -0.25) is 14.4 Å². The summed E-state index contributed by atoms with van der Waals surface area (Å²) < 4.78 is 5.56. The second-order valence-corrected chi connectivity index (χ2v) is 10.1. The predicted octanol–water partition coefficient (Wildman–Crippen LogP) is 1.79. The number of nitrogens with two attached hydrogens (primary N) is 2. The van der Waals surface area contributed by atoms with E-state index in [1.54, 1.807) is 18.2 Å². The lowest BCUT2D eigenvalue weighted by atomic mass is 9.59. The van der Waals surface area contributed by atoms with Crippen molar-refractivity contribution in [1.29, 1.82) is 0 Å². The van der Waals surface area contributed by atoms with Gasteiger partial charge in [0.1, 0.15) is 28.7 Å². The van der Waals surface area contributed by atoms with Gasteiger partial charge in [-0.05, 0) is 42.5 Å². The number of pyridine rings is 1. The van der Waals surface area contributed by atoms with E-state index in [0.717, 1.165) is 0 Å². The van der Waals surface area contributed by atoms with Gasteiger partial charge in [0.2, 0.25) is 5.78 Å². The highest BCUT2D eigenvalue weighted by atomic mass is 16.5. The van der Waals surface area contributed by atoms with Gasteiger partial charge in [0.25, 0.3) is 5.91 Å². The molecule has 1 amide bonds. The van der Waals surface area contributed by atoms with E-state index in [0.29, 0.717) is 28.2 Å². The van der Waals surface area contributed by atoms with Gasteiger partial charge in [0.05, 0.1) is 5.56 Å². The Hall–Kier alpha value is -4.38. The SMILES string of the molecule is CO[C@]12C(=O)C3=C(O)c4c(O)c(-c5ccc(N)nc5)cc(N(C)C)c4CC3CC1CC(=O)C(C(N)=O)=C2O. The van der Waals surface area contributed by atoms with E-state index in [-0.39, 0.29) is 36.1 Å². The summed E-state index contributed by atoms with van der Waals surface area (Å²) in [5.74, 6) is -5.17. The summed E-state index contributed by atoms with van der Waals surface area (Å²) in [6, 6.07) is 5.05.